The molecule has 6 heteroatoms. The van der Waals surface area contributed by atoms with E-state index < -0.39 is 22.8 Å². The van der Waals surface area contributed by atoms with E-state index in [1.807, 2.05) is 30.3 Å². The van der Waals surface area contributed by atoms with E-state index in [1.165, 1.54) is 0 Å². The minimum absolute atomic E-state index is 0.280. The normalized spacial score (nSPS) is 12.2. The van der Waals surface area contributed by atoms with Crippen molar-refractivity contribution in [2.24, 2.45) is 5.73 Å². The van der Waals surface area contributed by atoms with Crippen molar-refractivity contribution in [2.75, 3.05) is 0 Å². The summed E-state index contributed by atoms with van der Waals surface area (Å²) in [4.78, 5) is 20.9. The van der Waals surface area contributed by atoms with E-state index in [2.05, 4.69) is 4.74 Å². The molecule has 0 heterocycles. The zero-order valence-corrected chi connectivity index (χ0v) is 10.3. The summed E-state index contributed by atoms with van der Waals surface area (Å²) in [6.07, 6.45) is 0.280. The monoisotopic (exact) mass is 275 g/mol. The fourth-order valence-electron chi connectivity index (χ4n) is 1.17. The fraction of sp³-hybridized carbons (Fsp3) is 0.273. The van der Waals surface area contributed by atoms with Gasteiger partial charge in [0.15, 0.2) is 0 Å². The SMILES string of the molecule is N[C@@H](Cc1ccccc1)C(=O)OC(=O)C(Cl)Cl. The number of esters is 2. The number of halogens is 2. The Labute approximate surface area is 109 Å². The van der Waals surface area contributed by atoms with Gasteiger partial charge in [-0.05, 0) is 12.0 Å². The van der Waals surface area contributed by atoms with Crippen molar-refractivity contribution >= 4 is 35.1 Å². The molecule has 1 rings (SSSR count). The van der Waals surface area contributed by atoms with Crippen LogP contribution in [-0.4, -0.2) is 22.8 Å². The minimum Gasteiger partial charge on any atom is -0.390 e. The van der Waals surface area contributed by atoms with Crippen molar-refractivity contribution < 1.29 is 14.3 Å². The van der Waals surface area contributed by atoms with Crippen molar-refractivity contribution in [3.05, 3.63) is 35.9 Å². The quantitative estimate of drug-likeness (QED) is 0.513. The average Bonchev–Trinajstić information content (AvgIpc) is 2.29. The lowest BCUT2D eigenvalue weighted by Crippen LogP contribution is -2.36. The highest BCUT2D eigenvalue weighted by Gasteiger charge is 2.22. The van der Waals surface area contributed by atoms with Gasteiger partial charge in [0, 0.05) is 0 Å². The summed E-state index contributed by atoms with van der Waals surface area (Å²) >= 11 is 10.5. The molecule has 0 spiro atoms. The second-order valence-electron chi connectivity index (χ2n) is 3.34. The molecule has 0 saturated heterocycles. The van der Waals surface area contributed by atoms with E-state index >= 15 is 0 Å². The van der Waals surface area contributed by atoms with Crippen LogP contribution in [0, 0.1) is 0 Å². The third kappa shape index (κ3) is 4.73. The molecule has 0 aliphatic heterocycles. The highest BCUT2D eigenvalue weighted by atomic mass is 35.5. The van der Waals surface area contributed by atoms with E-state index in [-0.39, 0.29) is 6.42 Å². The van der Waals surface area contributed by atoms with Crippen molar-refractivity contribution in [3.63, 3.8) is 0 Å². The third-order valence-electron chi connectivity index (χ3n) is 1.98. The Balaban J connectivity index is 2.51. The van der Waals surface area contributed by atoms with Gasteiger partial charge in [0.1, 0.15) is 6.04 Å². The number of ether oxygens (including phenoxy) is 1. The molecule has 1 aromatic rings. The van der Waals surface area contributed by atoms with Crippen molar-refractivity contribution in [1.82, 2.24) is 0 Å². The lowest BCUT2D eigenvalue weighted by atomic mass is 10.1. The highest BCUT2D eigenvalue weighted by Crippen LogP contribution is 2.07. The van der Waals surface area contributed by atoms with E-state index in [1.54, 1.807) is 0 Å². The van der Waals surface area contributed by atoms with Gasteiger partial charge in [-0.1, -0.05) is 53.5 Å². The molecule has 0 aliphatic rings. The first kappa shape index (κ1) is 14.0. The number of benzene rings is 1. The summed E-state index contributed by atoms with van der Waals surface area (Å²) in [5.74, 6) is -1.85. The Morgan fingerprint density at radius 2 is 1.76 bits per heavy atom. The summed E-state index contributed by atoms with van der Waals surface area (Å²) in [6, 6.07) is 8.22. The van der Waals surface area contributed by atoms with Gasteiger partial charge < -0.3 is 10.5 Å². The molecule has 0 radical (unpaired) electrons. The number of carbonyl (C=O) groups excluding carboxylic acids is 2. The molecule has 1 atom stereocenters. The summed E-state index contributed by atoms with van der Waals surface area (Å²) in [6.45, 7) is 0. The second-order valence-corrected chi connectivity index (χ2v) is 4.43. The van der Waals surface area contributed by atoms with Crippen LogP contribution in [0.15, 0.2) is 30.3 Å². The zero-order chi connectivity index (χ0) is 12.8. The highest BCUT2D eigenvalue weighted by molar-refractivity contribution is 6.53. The Kier molecular flexibility index (Phi) is 5.41. The van der Waals surface area contributed by atoms with Crippen LogP contribution in [0.25, 0.3) is 0 Å². The Morgan fingerprint density at radius 1 is 1.18 bits per heavy atom. The molecule has 0 amide bonds. The number of nitrogens with two attached hydrogens (primary N) is 1. The lowest BCUT2D eigenvalue weighted by molar-refractivity contribution is -0.159. The van der Waals surface area contributed by atoms with Gasteiger partial charge in [0.2, 0.25) is 4.84 Å². The second kappa shape index (κ2) is 6.59. The number of alkyl halides is 2. The van der Waals surface area contributed by atoms with Gasteiger partial charge in [-0.25, -0.2) is 9.59 Å². The summed E-state index contributed by atoms with van der Waals surface area (Å²) in [5, 5.41) is 0. The van der Waals surface area contributed by atoms with Crippen molar-refractivity contribution in [3.8, 4) is 0 Å². The van der Waals surface area contributed by atoms with E-state index in [0.29, 0.717) is 0 Å². The van der Waals surface area contributed by atoms with Gasteiger partial charge in [0.25, 0.3) is 0 Å². The number of carbonyl (C=O) groups is 2. The first-order valence-electron chi connectivity index (χ1n) is 4.84. The first-order valence-corrected chi connectivity index (χ1v) is 5.71. The first-order chi connectivity index (χ1) is 8.00. The van der Waals surface area contributed by atoms with E-state index in [4.69, 9.17) is 28.9 Å². The van der Waals surface area contributed by atoms with E-state index in [9.17, 15) is 9.59 Å². The molecule has 0 saturated carbocycles. The van der Waals surface area contributed by atoms with Crippen LogP contribution < -0.4 is 5.73 Å². The maximum absolute atomic E-state index is 11.4. The molecular weight excluding hydrogens is 265 g/mol. The summed E-state index contributed by atoms with van der Waals surface area (Å²) in [5.41, 5.74) is 6.46. The van der Waals surface area contributed by atoms with Gasteiger partial charge in [-0.3, -0.25) is 0 Å². The topological polar surface area (TPSA) is 69.4 Å². The van der Waals surface area contributed by atoms with Crippen LogP contribution in [0.1, 0.15) is 5.56 Å². The van der Waals surface area contributed by atoms with E-state index in [0.717, 1.165) is 5.56 Å². The van der Waals surface area contributed by atoms with Crippen LogP contribution in [0.2, 0.25) is 0 Å². The molecule has 0 unspecified atom stereocenters. The van der Waals surface area contributed by atoms with Crippen LogP contribution in [0.5, 0.6) is 0 Å². The fourth-order valence-corrected chi connectivity index (χ4v) is 1.26. The molecule has 0 bridgehead atoms. The van der Waals surface area contributed by atoms with Crippen LogP contribution in [0.3, 0.4) is 0 Å². The Bertz CT molecular complexity index is 395. The molecular formula is C11H11Cl2NO3. The summed E-state index contributed by atoms with van der Waals surface area (Å²) in [7, 11) is 0. The molecule has 1 aromatic carbocycles. The largest absolute Gasteiger partial charge is 0.390 e. The third-order valence-corrected chi connectivity index (χ3v) is 2.34. The predicted molar refractivity (Wildman–Crippen MR) is 64.7 cm³/mol. The summed E-state index contributed by atoms with van der Waals surface area (Å²) < 4.78 is 4.38. The molecule has 0 aliphatic carbocycles. The molecule has 2 N–H and O–H groups in total. The van der Waals surface area contributed by atoms with Crippen molar-refractivity contribution in [1.29, 1.82) is 0 Å². The van der Waals surface area contributed by atoms with Gasteiger partial charge in [-0.15, -0.1) is 0 Å². The number of hydrogen-bond donors (Lipinski definition) is 1. The maximum Gasteiger partial charge on any atom is 0.347 e. The van der Waals surface area contributed by atoms with Crippen LogP contribution in [0.4, 0.5) is 0 Å². The van der Waals surface area contributed by atoms with Crippen molar-refractivity contribution in [2.45, 2.75) is 17.3 Å². The minimum atomic E-state index is -1.39. The standard InChI is InChI=1S/C11H11Cl2NO3/c12-9(13)11(16)17-10(15)8(14)6-7-4-2-1-3-5-7/h1-5,8-9H,6,14H2/t8-/m0/s1. The van der Waals surface area contributed by atoms with Crippen LogP contribution in [-0.2, 0) is 20.7 Å². The maximum atomic E-state index is 11.4. The predicted octanol–water partition coefficient (Wildman–Crippen LogP) is 1.43. The number of rotatable bonds is 4. The average molecular weight is 276 g/mol. The molecule has 4 nitrogen and oxygen atoms in total. The van der Waals surface area contributed by atoms with Gasteiger partial charge >= 0.3 is 11.9 Å². The number of hydrogen-bond acceptors (Lipinski definition) is 4. The molecule has 92 valence electrons. The van der Waals surface area contributed by atoms with Crippen LogP contribution >= 0.6 is 23.2 Å². The van der Waals surface area contributed by atoms with Gasteiger partial charge in [0.05, 0.1) is 0 Å². The molecule has 17 heavy (non-hydrogen) atoms. The lowest BCUT2D eigenvalue weighted by Gasteiger charge is -2.10. The van der Waals surface area contributed by atoms with Gasteiger partial charge in [-0.2, -0.15) is 0 Å². The Morgan fingerprint density at radius 3 is 2.29 bits per heavy atom. The molecule has 0 aromatic heterocycles. The Hall–Kier alpha value is -1.10. The molecule has 0 fully saturated rings. The smallest absolute Gasteiger partial charge is 0.347 e. The zero-order valence-electron chi connectivity index (χ0n) is 8.81.